The van der Waals surface area contributed by atoms with E-state index in [9.17, 15) is 14.4 Å². The molecular weight excluding hydrogens is 402 g/mol. The highest BCUT2D eigenvalue weighted by atomic mass is 16.2. The highest BCUT2D eigenvalue weighted by Crippen LogP contribution is 2.61. The summed E-state index contributed by atoms with van der Waals surface area (Å²) in [6.45, 7) is 6.74. The monoisotopic (exact) mass is 429 g/mol. The van der Waals surface area contributed by atoms with Crippen LogP contribution in [0.3, 0.4) is 0 Å². The Hall–Kier alpha value is -2.99. The summed E-state index contributed by atoms with van der Waals surface area (Å²) in [4.78, 5) is 47.1. The van der Waals surface area contributed by atoms with E-state index in [4.69, 9.17) is 0 Å². The van der Waals surface area contributed by atoms with Gasteiger partial charge < -0.3 is 4.90 Å². The van der Waals surface area contributed by atoms with Gasteiger partial charge in [-0.2, -0.15) is 0 Å². The van der Waals surface area contributed by atoms with Crippen LogP contribution < -0.4 is 9.80 Å². The molecule has 3 fully saturated rings. The molecule has 0 bridgehead atoms. The van der Waals surface area contributed by atoms with E-state index in [0.29, 0.717) is 5.69 Å². The van der Waals surface area contributed by atoms with Gasteiger partial charge in [0.2, 0.25) is 11.8 Å². The zero-order valence-electron chi connectivity index (χ0n) is 18.9. The Labute approximate surface area is 187 Å². The van der Waals surface area contributed by atoms with Gasteiger partial charge >= 0.3 is 0 Å². The number of anilines is 2. The third kappa shape index (κ3) is 2.11. The van der Waals surface area contributed by atoms with Gasteiger partial charge in [0, 0.05) is 24.3 Å². The van der Waals surface area contributed by atoms with Crippen LogP contribution in [0.15, 0.2) is 36.4 Å². The third-order valence-electron chi connectivity index (χ3n) is 8.27. The minimum atomic E-state index is -1.09. The highest BCUT2D eigenvalue weighted by Gasteiger charge is 2.75. The molecule has 0 aromatic heterocycles. The molecule has 0 aliphatic carbocycles. The molecule has 2 aromatic carbocycles. The Morgan fingerprint density at radius 3 is 2.47 bits per heavy atom. The summed E-state index contributed by atoms with van der Waals surface area (Å²) < 4.78 is 0. The molecule has 1 spiro atoms. The Bertz CT molecular complexity index is 1220. The van der Waals surface area contributed by atoms with Crippen LogP contribution in [0, 0.1) is 32.6 Å². The summed E-state index contributed by atoms with van der Waals surface area (Å²) >= 11 is 0. The summed E-state index contributed by atoms with van der Waals surface area (Å²) in [5.74, 6) is -1.67. The van der Waals surface area contributed by atoms with Crippen LogP contribution >= 0.6 is 0 Å². The smallest absolute Gasteiger partial charge is 0.252 e. The van der Waals surface area contributed by atoms with Gasteiger partial charge in [0.15, 0.2) is 0 Å². The number of rotatable bonds is 1. The minimum Gasteiger partial charge on any atom is -0.313 e. The second-order valence-corrected chi connectivity index (χ2v) is 9.84. The predicted octanol–water partition coefficient (Wildman–Crippen LogP) is 3.07. The topological polar surface area (TPSA) is 60.9 Å². The maximum absolute atomic E-state index is 14.0. The number of imide groups is 1. The fourth-order valence-electron chi connectivity index (χ4n) is 6.73. The van der Waals surface area contributed by atoms with Crippen LogP contribution in [0.5, 0.6) is 0 Å². The molecule has 4 atom stereocenters. The highest BCUT2D eigenvalue weighted by molar-refractivity contribution is 6.26. The van der Waals surface area contributed by atoms with Crippen molar-refractivity contribution >= 4 is 29.1 Å². The lowest BCUT2D eigenvalue weighted by Gasteiger charge is -2.37. The van der Waals surface area contributed by atoms with Gasteiger partial charge in [-0.3, -0.25) is 19.3 Å². The van der Waals surface area contributed by atoms with Crippen molar-refractivity contribution in [3.05, 3.63) is 58.7 Å². The van der Waals surface area contributed by atoms with E-state index in [-0.39, 0.29) is 23.8 Å². The first-order valence-corrected chi connectivity index (χ1v) is 11.4. The molecule has 4 aliphatic heterocycles. The van der Waals surface area contributed by atoms with Crippen LogP contribution in [0.2, 0.25) is 0 Å². The SMILES string of the molecule is Cc1ccc2c(c1)C1(C(=O)N2C)C2C(=O)N(c3ccc(C)c(C)c3)C(=O)C2C2CCCN21. The van der Waals surface area contributed by atoms with Crippen molar-refractivity contribution in [3.63, 3.8) is 0 Å². The van der Waals surface area contributed by atoms with E-state index in [1.54, 1.807) is 11.9 Å². The molecule has 4 aliphatic rings. The van der Waals surface area contributed by atoms with Gasteiger partial charge in [-0.25, -0.2) is 4.90 Å². The average molecular weight is 430 g/mol. The number of carbonyl (C=O) groups is 3. The molecule has 32 heavy (non-hydrogen) atoms. The maximum Gasteiger partial charge on any atom is 0.252 e. The Kier molecular flexibility index (Phi) is 3.87. The quantitative estimate of drug-likeness (QED) is 0.654. The van der Waals surface area contributed by atoms with E-state index in [2.05, 4.69) is 4.90 Å². The number of hydrogen-bond donors (Lipinski definition) is 0. The van der Waals surface area contributed by atoms with Crippen molar-refractivity contribution in [1.82, 2.24) is 4.90 Å². The average Bonchev–Trinajstić information content (AvgIpc) is 3.45. The van der Waals surface area contributed by atoms with Gasteiger partial charge in [-0.1, -0.05) is 23.8 Å². The van der Waals surface area contributed by atoms with E-state index < -0.39 is 17.4 Å². The molecule has 6 nitrogen and oxygen atoms in total. The minimum absolute atomic E-state index is 0.0828. The van der Waals surface area contributed by atoms with E-state index in [1.807, 2.05) is 57.2 Å². The molecule has 4 heterocycles. The fraction of sp³-hybridized carbons (Fsp3) is 0.423. The van der Waals surface area contributed by atoms with Crippen molar-refractivity contribution in [2.75, 3.05) is 23.4 Å². The number of aryl methyl sites for hydroxylation is 3. The summed E-state index contributed by atoms with van der Waals surface area (Å²) in [5.41, 5.74) is 4.44. The molecule has 2 aromatic rings. The molecule has 4 unspecified atom stereocenters. The Morgan fingerprint density at radius 2 is 1.72 bits per heavy atom. The summed E-state index contributed by atoms with van der Waals surface area (Å²) in [6.07, 6.45) is 1.76. The zero-order valence-corrected chi connectivity index (χ0v) is 18.9. The number of benzene rings is 2. The first-order chi connectivity index (χ1) is 15.3. The van der Waals surface area contributed by atoms with Gasteiger partial charge in [0.05, 0.1) is 17.5 Å². The van der Waals surface area contributed by atoms with Crippen LogP contribution in [-0.4, -0.2) is 42.3 Å². The van der Waals surface area contributed by atoms with E-state index in [0.717, 1.165) is 47.3 Å². The summed E-state index contributed by atoms with van der Waals surface area (Å²) in [6, 6.07) is 11.6. The predicted molar refractivity (Wildman–Crippen MR) is 121 cm³/mol. The largest absolute Gasteiger partial charge is 0.313 e. The Morgan fingerprint density at radius 1 is 0.938 bits per heavy atom. The lowest BCUT2D eigenvalue weighted by molar-refractivity contribution is -0.136. The lowest BCUT2D eigenvalue weighted by Crippen LogP contribution is -2.55. The zero-order chi connectivity index (χ0) is 22.5. The Balaban J connectivity index is 1.57. The van der Waals surface area contributed by atoms with Gasteiger partial charge in [0.1, 0.15) is 5.54 Å². The van der Waals surface area contributed by atoms with Crippen LogP contribution in [0.4, 0.5) is 11.4 Å². The van der Waals surface area contributed by atoms with Crippen LogP contribution in [-0.2, 0) is 19.9 Å². The van der Waals surface area contributed by atoms with Gasteiger partial charge in [-0.15, -0.1) is 0 Å². The van der Waals surface area contributed by atoms with Crippen LogP contribution in [0.25, 0.3) is 0 Å². The van der Waals surface area contributed by atoms with E-state index >= 15 is 0 Å². The normalized spacial score (nSPS) is 31.1. The molecule has 6 rings (SSSR count). The molecular formula is C26H27N3O3. The number of nitrogens with zero attached hydrogens (tertiary/aromatic N) is 3. The summed E-state index contributed by atoms with van der Waals surface area (Å²) in [5, 5.41) is 0. The number of amides is 3. The standard InChI is InChI=1S/C26H27N3O3/c1-14-7-10-19-18(12-14)26(25(32)27(19)4)22-21(20-6-5-11-28(20)26)23(30)29(24(22)31)17-9-8-15(2)16(3)13-17/h7-10,12-13,20-22H,5-6,11H2,1-4H3. The second kappa shape index (κ2) is 6.29. The molecule has 0 saturated carbocycles. The number of carbonyl (C=O) groups excluding carboxylic acids is 3. The first kappa shape index (κ1) is 19.7. The maximum atomic E-state index is 14.0. The van der Waals surface area contributed by atoms with Crippen molar-refractivity contribution < 1.29 is 14.4 Å². The van der Waals surface area contributed by atoms with Crippen molar-refractivity contribution in [3.8, 4) is 0 Å². The number of likely N-dealkylation sites (N-methyl/N-ethyl adjacent to an activating group) is 1. The van der Waals surface area contributed by atoms with Gasteiger partial charge in [-0.05, 0) is 69.5 Å². The molecule has 3 saturated heterocycles. The van der Waals surface area contributed by atoms with Crippen LogP contribution in [0.1, 0.15) is 35.1 Å². The summed E-state index contributed by atoms with van der Waals surface area (Å²) in [7, 11) is 1.78. The second-order valence-electron chi connectivity index (χ2n) is 9.84. The molecule has 164 valence electrons. The third-order valence-corrected chi connectivity index (χ3v) is 8.27. The van der Waals surface area contributed by atoms with Crippen molar-refractivity contribution in [2.24, 2.45) is 11.8 Å². The molecule has 0 N–H and O–H groups in total. The number of fused-ring (bicyclic) bond motifs is 7. The molecule has 0 radical (unpaired) electrons. The fourth-order valence-corrected chi connectivity index (χ4v) is 6.73. The van der Waals surface area contributed by atoms with Gasteiger partial charge in [0.25, 0.3) is 5.91 Å². The number of hydrogen-bond acceptors (Lipinski definition) is 4. The lowest BCUT2D eigenvalue weighted by atomic mass is 9.75. The first-order valence-electron chi connectivity index (χ1n) is 11.4. The van der Waals surface area contributed by atoms with Crippen molar-refractivity contribution in [1.29, 1.82) is 0 Å². The molecule has 3 amide bonds. The molecule has 6 heteroatoms. The van der Waals surface area contributed by atoms with Crippen molar-refractivity contribution in [2.45, 2.75) is 45.2 Å². The van der Waals surface area contributed by atoms with E-state index in [1.165, 1.54) is 4.90 Å².